The van der Waals surface area contributed by atoms with Crippen molar-refractivity contribution in [1.29, 1.82) is 0 Å². The number of nitrogens with one attached hydrogen (secondary N) is 1. The largest absolute Gasteiger partial charge is 0.349 e. The molecule has 100 valence electrons. The molecule has 1 aliphatic rings. The normalized spacial score (nSPS) is 18.1. The first-order valence-electron chi connectivity index (χ1n) is 6.85. The van der Waals surface area contributed by atoms with Gasteiger partial charge in [0, 0.05) is 11.6 Å². The fourth-order valence-corrected chi connectivity index (χ4v) is 2.60. The van der Waals surface area contributed by atoms with Crippen LogP contribution in [-0.4, -0.2) is 11.9 Å². The second-order valence-electron chi connectivity index (χ2n) is 5.25. The number of carbonyl (C=O) groups excluding carboxylic acids is 1. The number of hydrogen-bond donors (Lipinski definition) is 1. The van der Waals surface area contributed by atoms with Crippen molar-refractivity contribution in [3.05, 3.63) is 72.3 Å². The van der Waals surface area contributed by atoms with Crippen molar-refractivity contribution < 1.29 is 4.79 Å². The summed E-state index contributed by atoms with van der Waals surface area (Å²) in [5, 5.41) is 2.96. The third kappa shape index (κ3) is 2.64. The molecular weight excluding hydrogens is 246 g/mol. The molecule has 0 saturated carbocycles. The van der Waals surface area contributed by atoms with Crippen LogP contribution in [0.3, 0.4) is 0 Å². The van der Waals surface area contributed by atoms with Crippen molar-refractivity contribution in [1.82, 2.24) is 5.32 Å². The van der Waals surface area contributed by atoms with Gasteiger partial charge in [0.1, 0.15) is 0 Å². The minimum atomic E-state index is -0.00379. The van der Waals surface area contributed by atoms with Gasteiger partial charge in [-0.25, -0.2) is 0 Å². The van der Waals surface area contributed by atoms with E-state index in [0.717, 1.165) is 12.8 Å². The molecule has 1 saturated heterocycles. The second kappa shape index (κ2) is 5.33. The van der Waals surface area contributed by atoms with Gasteiger partial charge in [0.25, 0.3) is 0 Å². The molecule has 20 heavy (non-hydrogen) atoms. The zero-order valence-corrected chi connectivity index (χ0v) is 11.3. The molecule has 1 amide bonds. The zero-order chi connectivity index (χ0) is 13.9. The topological polar surface area (TPSA) is 29.1 Å². The second-order valence-corrected chi connectivity index (χ2v) is 5.25. The number of benzene rings is 2. The van der Waals surface area contributed by atoms with Crippen molar-refractivity contribution in [3.63, 3.8) is 0 Å². The number of amides is 1. The van der Waals surface area contributed by atoms with E-state index in [1.807, 2.05) is 18.2 Å². The van der Waals surface area contributed by atoms with Crippen molar-refractivity contribution >= 4 is 5.91 Å². The Kier molecular flexibility index (Phi) is 3.38. The molecule has 0 spiro atoms. The van der Waals surface area contributed by atoms with Crippen molar-refractivity contribution in [2.45, 2.75) is 18.9 Å². The van der Waals surface area contributed by atoms with Gasteiger partial charge < -0.3 is 5.32 Å². The fourth-order valence-electron chi connectivity index (χ4n) is 2.60. The first-order chi connectivity index (χ1) is 9.72. The molecule has 2 heteroatoms. The van der Waals surface area contributed by atoms with E-state index in [9.17, 15) is 4.79 Å². The summed E-state index contributed by atoms with van der Waals surface area (Å²) in [7, 11) is 0. The van der Waals surface area contributed by atoms with Gasteiger partial charge in [-0.1, -0.05) is 61.2 Å². The molecule has 1 heterocycles. The molecule has 2 aromatic carbocycles. The fraction of sp³-hybridized carbons (Fsp3) is 0.167. The minimum Gasteiger partial charge on any atom is -0.349 e. The average molecular weight is 263 g/mol. The van der Waals surface area contributed by atoms with E-state index in [2.05, 4.69) is 48.3 Å². The first-order valence-corrected chi connectivity index (χ1v) is 6.85. The molecule has 0 aromatic heterocycles. The summed E-state index contributed by atoms with van der Waals surface area (Å²) in [6.07, 6.45) is 1.61. The van der Waals surface area contributed by atoms with Crippen LogP contribution in [0.1, 0.15) is 12.0 Å². The van der Waals surface area contributed by atoms with Crippen LogP contribution in [0.5, 0.6) is 0 Å². The molecule has 2 aromatic rings. The highest BCUT2D eigenvalue weighted by atomic mass is 16.2. The van der Waals surface area contributed by atoms with E-state index in [1.165, 1.54) is 16.7 Å². The maximum absolute atomic E-state index is 11.4. The predicted octanol–water partition coefficient (Wildman–Crippen LogP) is 3.34. The highest BCUT2D eigenvalue weighted by molar-refractivity contribution is 5.95. The van der Waals surface area contributed by atoms with Crippen molar-refractivity contribution in [2.24, 2.45) is 0 Å². The van der Waals surface area contributed by atoms with Crippen LogP contribution in [0.4, 0.5) is 0 Å². The Labute approximate surface area is 119 Å². The van der Waals surface area contributed by atoms with Crippen LogP contribution >= 0.6 is 0 Å². The summed E-state index contributed by atoms with van der Waals surface area (Å²) in [6.45, 7) is 3.77. The smallest absolute Gasteiger partial charge is 0.246 e. The number of hydrogen-bond acceptors (Lipinski definition) is 1. The quantitative estimate of drug-likeness (QED) is 0.845. The third-order valence-corrected chi connectivity index (χ3v) is 3.69. The lowest BCUT2D eigenvalue weighted by Gasteiger charge is -2.10. The standard InChI is InChI=1S/C18H17NO/c1-13-11-17(19-18(13)20)12-14-7-9-16(10-8-14)15-5-3-2-4-6-15/h2-10,17H,1,11-12H2,(H,19,20). The van der Waals surface area contributed by atoms with Crippen LogP contribution in [0.2, 0.25) is 0 Å². The Morgan fingerprint density at radius 2 is 1.65 bits per heavy atom. The molecule has 0 aliphatic carbocycles. The molecule has 1 fully saturated rings. The Morgan fingerprint density at radius 3 is 2.25 bits per heavy atom. The molecule has 2 nitrogen and oxygen atoms in total. The number of carbonyl (C=O) groups is 1. The summed E-state index contributed by atoms with van der Waals surface area (Å²) in [5.74, 6) is -0.00379. The summed E-state index contributed by atoms with van der Waals surface area (Å²) in [5.41, 5.74) is 4.37. The summed E-state index contributed by atoms with van der Waals surface area (Å²) >= 11 is 0. The molecular formula is C18H17NO. The van der Waals surface area contributed by atoms with E-state index in [1.54, 1.807) is 0 Å². The minimum absolute atomic E-state index is 0.00379. The van der Waals surface area contributed by atoms with Gasteiger partial charge in [0.2, 0.25) is 5.91 Å². The lowest BCUT2D eigenvalue weighted by atomic mass is 10.00. The average Bonchev–Trinajstić information content (AvgIpc) is 2.79. The predicted molar refractivity (Wildman–Crippen MR) is 81.3 cm³/mol. The Bertz CT molecular complexity index is 612. The molecule has 1 unspecified atom stereocenters. The monoisotopic (exact) mass is 263 g/mol. The number of rotatable bonds is 3. The van der Waals surface area contributed by atoms with E-state index >= 15 is 0 Å². The zero-order valence-electron chi connectivity index (χ0n) is 11.3. The molecule has 1 N–H and O–H groups in total. The van der Waals surface area contributed by atoms with E-state index < -0.39 is 0 Å². The summed E-state index contributed by atoms with van der Waals surface area (Å²) in [4.78, 5) is 11.4. The lowest BCUT2D eigenvalue weighted by Crippen LogP contribution is -2.27. The Balaban J connectivity index is 1.71. The van der Waals surface area contributed by atoms with Crippen LogP contribution < -0.4 is 5.32 Å². The maximum Gasteiger partial charge on any atom is 0.246 e. The van der Waals surface area contributed by atoms with E-state index in [-0.39, 0.29) is 11.9 Å². The van der Waals surface area contributed by atoms with Gasteiger partial charge in [-0.15, -0.1) is 0 Å². The van der Waals surface area contributed by atoms with Crippen molar-refractivity contribution in [3.8, 4) is 11.1 Å². The summed E-state index contributed by atoms with van der Waals surface area (Å²) < 4.78 is 0. The van der Waals surface area contributed by atoms with Crippen LogP contribution in [0.15, 0.2) is 66.7 Å². The van der Waals surface area contributed by atoms with Gasteiger partial charge >= 0.3 is 0 Å². The highest BCUT2D eigenvalue weighted by Gasteiger charge is 2.24. The van der Waals surface area contributed by atoms with Crippen LogP contribution in [-0.2, 0) is 11.2 Å². The van der Waals surface area contributed by atoms with Crippen LogP contribution in [0.25, 0.3) is 11.1 Å². The van der Waals surface area contributed by atoms with Gasteiger partial charge in [0.05, 0.1) is 0 Å². The molecule has 1 aliphatic heterocycles. The third-order valence-electron chi connectivity index (χ3n) is 3.69. The van der Waals surface area contributed by atoms with Gasteiger partial charge in [-0.3, -0.25) is 4.79 Å². The molecule has 0 bridgehead atoms. The SMILES string of the molecule is C=C1CC(Cc2ccc(-c3ccccc3)cc2)NC1=O. The maximum atomic E-state index is 11.4. The first kappa shape index (κ1) is 12.7. The van der Waals surface area contributed by atoms with E-state index in [4.69, 9.17) is 0 Å². The van der Waals surface area contributed by atoms with E-state index in [0.29, 0.717) is 5.57 Å². The van der Waals surface area contributed by atoms with Crippen molar-refractivity contribution in [2.75, 3.05) is 0 Å². The van der Waals surface area contributed by atoms with Gasteiger partial charge in [-0.05, 0) is 29.5 Å². The van der Waals surface area contributed by atoms with Gasteiger partial charge in [-0.2, -0.15) is 0 Å². The Morgan fingerprint density at radius 1 is 1.00 bits per heavy atom. The van der Waals surface area contributed by atoms with Crippen LogP contribution in [0, 0.1) is 0 Å². The molecule has 1 atom stereocenters. The Hall–Kier alpha value is -2.35. The highest BCUT2D eigenvalue weighted by Crippen LogP contribution is 2.21. The summed E-state index contributed by atoms with van der Waals surface area (Å²) in [6, 6.07) is 19.1. The lowest BCUT2D eigenvalue weighted by molar-refractivity contribution is -0.116. The molecule has 0 radical (unpaired) electrons. The molecule has 3 rings (SSSR count). The van der Waals surface area contributed by atoms with Gasteiger partial charge in [0.15, 0.2) is 0 Å².